The van der Waals surface area contributed by atoms with E-state index >= 15 is 0 Å². The maximum atomic E-state index is 11.6. The number of nitrogens with one attached hydrogen (secondary N) is 2. The molecule has 1 amide bonds. The number of piperidine rings is 1. The molecule has 2 saturated heterocycles. The molecular weight excluding hydrogens is 471 g/mol. The van der Waals surface area contributed by atoms with E-state index in [4.69, 9.17) is 9.47 Å². The molecule has 0 radical (unpaired) electrons. The van der Waals surface area contributed by atoms with Crippen LogP contribution in [0.3, 0.4) is 0 Å². The van der Waals surface area contributed by atoms with E-state index in [2.05, 4.69) is 27.4 Å². The van der Waals surface area contributed by atoms with Gasteiger partial charge in [0.25, 0.3) is 0 Å². The van der Waals surface area contributed by atoms with E-state index in [0.717, 1.165) is 58.1 Å². The lowest BCUT2D eigenvalue weighted by Crippen LogP contribution is -2.47. The van der Waals surface area contributed by atoms with Crippen molar-refractivity contribution in [1.29, 1.82) is 0 Å². The van der Waals surface area contributed by atoms with Crippen molar-refractivity contribution in [2.45, 2.75) is 65.1 Å². The van der Waals surface area contributed by atoms with Gasteiger partial charge in [0.15, 0.2) is 5.96 Å². The maximum absolute atomic E-state index is 11.6. The molecule has 2 aliphatic heterocycles. The quantitative estimate of drug-likeness (QED) is 0.227. The fourth-order valence-electron chi connectivity index (χ4n) is 3.39. The lowest BCUT2D eigenvalue weighted by Gasteiger charge is -2.35. The molecule has 2 N–H and O–H groups in total. The summed E-state index contributed by atoms with van der Waals surface area (Å²) >= 11 is 0. The first-order chi connectivity index (χ1) is 13.1. The molecule has 0 aromatic carbocycles. The largest absolute Gasteiger partial charge is 0.376 e. The molecule has 0 aromatic heterocycles. The molecule has 2 rings (SSSR count). The van der Waals surface area contributed by atoms with Crippen molar-refractivity contribution in [3.05, 3.63) is 0 Å². The molecule has 0 aliphatic carbocycles. The van der Waals surface area contributed by atoms with Gasteiger partial charge in [0.05, 0.1) is 25.4 Å². The normalized spacial score (nSPS) is 21.4. The van der Waals surface area contributed by atoms with Crippen molar-refractivity contribution in [1.82, 2.24) is 15.5 Å². The highest BCUT2D eigenvalue weighted by Gasteiger charge is 2.23. The molecule has 28 heavy (non-hydrogen) atoms. The van der Waals surface area contributed by atoms with Crippen molar-refractivity contribution in [3.63, 3.8) is 0 Å². The van der Waals surface area contributed by atoms with Crippen molar-refractivity contribution in [2.75, 3.05) is 45.9 Å². The molecule has 0 saturated carbocycles. The van der Waals surface area contributed by atoms with Gasteiger partial charge in [-0.25, -0.2) is 0 Å². The van der Waals surface area contributed by atoms with Crippen molar-refractivity contribution < 1.29 is 14.3 Å². The fourth-order valence-corrected chi connectivity index (χ4v) is 3.39. The molecule has 0 aromatic rings. The summed E-state index contributed by atoms with van der Waals surface area (Å²) in [5.74, 6) is 1.03. The highest BCUT2D eigenvalue weighted by atomic mass is 127. The maximum Gasteiger partial charge on any atom is 0.222 e. The van der Waals surface area contributed by atoms with Crippen LogP contribution in [-0.2, 0) is 14.3 Å². The number of carbonyl (C=O) groups is 1. The van der Waals surface area contributed by atoms with Gasteiger partial charge in [-0.15, -0.1) is 24.0 Å². The Labute approximate surface area is 187 Å². The summed E-state index contributed by atoms with van der Waals surface area (Å²) in [5.41, 5.74) is 0. The number of guanidine groups is 1. The van der Waals surface area contributed by atoms with Gasteiger partial charge >= 0.3 is 0 Å². The number of carbonyl (C=O) groups excluding carboxylic acids is 1. The fraction of sp³-hybridized carbons (Fsp3) is 0.900. The second kappa shape index (κ2) is 14.4. The molecule has 7 nitrogen and oxygen atoms in total. The van der Waals surface area contributed by atoms with Crippen LogP contribution >= 0.6 is 24.0 Å². The first kappa shape index (κ1) is 25.4. The third-order valence-electron chi connectivity index (χ3n) is 5.07. The average Bonchev–Trinajstić information content (AvgIpc) is 2.69. The first-order valence-corrected chi connectivity index (χ1v) is 10.6. The molecule has 1 atom stereocenters. The summed E-state index contributed by atoms with van der Waals surface area (Å²) in [7, 11) is 0. The van der Waals surface area contributed by atoms with Gasteiger partial charge in [0, 0.05) is 38.7 Å². The van der Waals surface area contributed by atoms with Crippen LogP contribution < -0.4 is 10.6 Å². The summed E-state index contributed by atoms with van der Waals surface area (Å²) < 4.78 is 11.9. The van der Waals surface area contributed by atoms with Crippen LogP contribution in [0.15, 0.2) is 4.99 Å². The Balaban J connectivity index is 0.00000392. The molecule has 1 unspecified atom stereocenters. The zero-order valence-corrected chi connectivity index (χ0v) is 20.1. The SMILES string of the molecule is CCNC(=NCCNC(=O)C(C)C)N1CCC(OCC2CCCCO2)CC1.I. The Bertz CT molecular complexity index is 462. The Morgan fingerprint density at radius 2 is 1.96 bits per heavy atom. The van der Waals surface area contributed by atoms with E-state index in [1.54, 1.807) is 0 Å². The standard InChI is InChI=1S/C20H38N4O3.HI/c1-4-21-20(23-11-10-22-19(25)16(2)3)24-12-8-17(9-13-24)27-15-18-7-5-6-14-26-18;/h16-18H,4-15H2,1-3H3,(H,21,23)(H,22,25);1H. The van der Waals surface area contributed by atoms with E-state index in [1.165, 1.54) is 12.8 Å². The zero-order valence-electron chi connectivity index (χ0n) is 17.7. The van der Waals surface area contributed by atoms with Crippen molar-refractivity contribution >= 4 is 35.8 Å². The third kappa shape index (κ3) is 9.26. The van der Waals surface area contributed by atoms with Gasteiger partial charge in [-0.2, -0.15) is 0 Å². The number of rotatable bonds is 8. The van der Waals surface area contributed by atoms with Crippen molar-refractivity contribution in [3.8, 4) is 0 Å². The number of ether oxygens (including phenoxy) is 2. The van der Waals surface area contributed by atoms with Crippen LogP contribution in [-0.4, -0.2) is 74.9 Å². The van der Waals surface area contributed by atoms with E-state index in [9.17, 15) is 4.79 Å². The number of aliphatic imine (C=N–C) groups is 1. The molecule has 0 spiro atoms. The lowest BCUT2D eigenvalue weighted by molar-refractivity contribution is -0.123. The van der Waals surface area contributed by atoms with Gasteiger partial charge in [-0.3, -0.25) is 9.79 Å². The lowest BCUT2D eigenvalue weighted by atomic mass is 10.1. The van der Waals surface area contributed by atoms with E-state index in [-0.39, 0.29) is 41.9 Å². The van der Waals surface area contributed by atoms with Crippen molar-refractivity contribution in [2.24, 2.45) is 10.9 Å². The molecular formula is C20H39IN4O3. The highest BCUT2D eigenvalue weighted by Crippen LogP contribution is 2.17. The first-order valence-electron chi connectivity index (χ1n) is 10.6. The molecule has 164 valence electrons. The Kier molecular flexibility index (Phi) is 13.1. The predicted molar refractivity (Wildman–Crippen MR) is 123 cm³/mol. The topological polar surface area (TPSA) is 75.2 Å². The minimum absolute atomic E-state index is 0. The molecule has 2 heterocycles. The third-order valence-corrected chi connectivity index (χ3v) is 5.07. The van der Waals surface area contributed by atoms with Crippen LogP contribution in [0.2, 0.25) is 0 Å². The van der Waals surface area contributed by atoms with Gasteiger partial charge in [-0.1, -0.05) is 13.8 Å². The highest BCUT2D eigenvalue weighted by molar-refractivity contribution is 14.0. The summed E-state index contributed by atoms with van der Waals surface area (Å²) in [4.78, 5) is 18.6. The van der Waals surface area contributed by atoms with E-state index < -0.39 is 0 Å². The van der Waals surface area contributed by atoms with Crippen LogP contribution in [0.1, 0.15) is 52.9 Å². The van der Waals surface area contributed by atoms with E-state index in [0.29, 0.717) is 19.2 Å². The number of hydrogen-bond donors (Lipinski definition) is 2. The number of likely N-dealkylation sites (tertiary alicyclic amines) is 1. The average molecular weight is 510 g/mol. The van der Waals surface area contributed by atoms with E-state index in [1.807, 2.05) is 13.8 Å². The summed E-state index contributed by atoms with van der Waals surface area (Å²) in [6, 6.07) is 0. The molecule has 2 aliphatic rings. The minimum atomic E-state index is 0. The van der Waals surface area contributed by atoms with Gasteiger partial charge < -0.3 is 25.0 Å². The van der Waals surface area contributed by atoms with Crippen LogP contribution in [0.25, 0.3) is 0 Å². The summed E-state index contributed by atoms with van der Waals surface area (Å²) in [6.07, 6.45) is 6.21. The molecule has 2 fully saturated rings. The molecule has 0 bridgehead atoms. The Hall–Kier alpha value is -0.610. The zero-order chi connectivity index (χ0) is 19.5. The minimum Gasteiger partial charge on any atom is -0.376 e. The monoisotopic (exact) mass is 510 g/mol. The Morgan fingerprint density at radius 3 is 2.57 bits per heavy atom. The second-order valence-corrected chi connectivity index (χ2v) is 7.69. The van der Waals surface area contributed by atoms with Crippen LogP contribution in [0.5, 0.6) is 0 Å². The summed E-state index contributed by atoms with van der Waals surface area (Å²) in [6.45, 7) is 11.4. The Morgan fingerprint density at radius 1 is 1.21 bits per heavy atom. The van der Waals surface area contributed by atoms with Gasteiger partial charge in [0.1, 0.15) is 0 Å². The van der Waals surface area contributed by atoms with Gasteiger partial charge in [-0.05, 0) is 39.0 Å². The smallest absolute Gasteiger partial charge is 0.222 e. The number of nitrogens with zero attached hydrogens (tertiary/aromatic N) is 2. The molecule has 8 heteroatoms. The number of halogens is 1. The second-order valence-electron chi connectivity index (χ2n) is 7.69. The van der Waals surface area contributed by atoms with Crippen LogP contribution in [0, 0.1) is 5.92 Å². The van der Waals surface area contributed by atoms with Gasteiger partial charge in [0.2, 0.25) is 5.91 Å². The summed E-state index contributed by atoms with van der Waals surface area (Å²) in [5, 5.41) is 6.28. The predicted octanol–water partition coefficient (Wildman–Crippen LogP) is 2.39. The van der Waals surface area contributed by atoms with Crippen LogP contribution in [0.4, 0.5) is 0 Å². The number of hydrogen-bond acceptors (Lipinski definition) is 4. The number of amides is 1.